The highest BCUT2D eigenvalue weighted by Gasteiger charge is 2.69. The molecule has 5 heteroatoms. The van der Waals surface area contributed by atoms with Gasteiger partial charge >= 0.3 is 11.9 Å². The summed E-state index contributed by atoms with van der Waals surface area (Å²) in [6.45, 7) is 16.2. The predicted octanol–water partition coefficient (Wildman–Crippen LogP) is 6.78. The number of esters is 1. The monoisotopic (exact) mass is 514 g/mol. The van der Waals surface area contributed by atoms with Crippen LogP contribution in [0.15, 0.2) is 11.6 Å². The summed E-state index contributed by atoms with van der Waals surface area (Å²) in [5.74, 6) is 0.0178. The average molecular weight is 515 g/mol. The Morgan fingerprint density at radius 1 is 0.919 bits per heavy atom. The van der Waals surface area contributed by atoms with Crippen molar-refractivity contribution in [1.82, 2.24) is 0 Å². The maximum atomic E-state index is 12.8. The first kappa shape index (κ1) is 27.2. The molecule has 0 saturated heterocycles. The minimum Gasteiger partial charge on any atom is -0.481 e. The van der Waals surface area contributed by atoms with Gasteiger partial charge in [-0.15, -0.1) is 0 Å². The Bertz CT molecular complexity index is 1010. The van der Waals surface area contributed by atoms with Crippen LogP contribution in [0.25, 0.3) is 0 Å². The number of carboxylic acids is 1. The quantitative estimate of drug-likeness (QED) is 0.320. The van der Waals surface area contributed by atoms with Gasteiger partial charge < -0.3 is 14.9 Å². The molecule has 2 N–H and O–H groups in total. The van der Waals surface area contributed by atoms with Crippen LogP contribution in [0, 0.1) is 50.2 Å². The molecule has 0 amide bonds. The van der Waals surface area contributed by atoms with Gasteiger partial charge in [0.15, 0.2) is 0 Å². The molecule has 0 aromatic carbocycles. The molecule has 0 bridgehead atoms. The van der Waals surface area contributed by atoms with Gasteiger partial charge in [-0.25, -0.2) is 4.79 Å². The number of aliphatic carboxylic acids is 1. The first-order valence-electron chi connectivity index (χ1n) is 14.8. The van der Waals surface area contributed by atoms with Crippen LogP contribution in [0.4, 0.5) is 0 Å². The summed E-state index contributed by atoms with van der Waals surface area (Å²) in [5, 5.41) is 19.8. The second-order valence-electron chi connectivity index (χ2n) is 15.7. The maximum absolute atomic E-state index is 12.8. The Balaban J connectivity index is 1.53. The maximum Gasteiger partial charge on any atom is 0.332 e. The molecule has 0 aliphatic heterocycles. The zero-order valence-corrected chi connectivity index (χ0v) is 24.3. The molecule has 5 nitrogen and oxygen atoms in total. The van der Waals surface area contributed by atoms with E-state index in [2.05, 4.69) is 54.5 Å². The van der Waals surface area contributed by atoms with E-state index >= 15 is 0 Å². The van der Waals surface area contributed by atoms with Crippen molar-refractivity contribution in [2.45, 2.75) is 119 Å². The van der Waals surface area contributed by atoms with Crippen molar-refractivity contribution in [3.63, 3.8) is 0 Å². The van der Waals surface area contributed by atoms with Crippen LogP contribution < -0.4 is 0 Å². The van der Waals surface area contributed by atoms with Crippen molar-refractivity contribution in [2.24, 2.45) is 50.2 Å². The Hall–Kier alpha value is -1.36. The SMILES string of the molecule is CC1(C)CC[C@]2(C(=O)O)CC[C@]3(C)C(=CC[C@@H]4[C@@]5(C)CC[C@H](OC(=O)CO)C(C)(C)C5CC[C@]43C)[C@H]2C1. The average Bonchev–Trinajstić information content (AvgIpc) is 2.80. The third-order valence-corrected chi connectivity index (χ3v) is 13.4. The molecule has 4 saturated carbocycles. The summed E-state index contributed by atoms with van der Waals surface area (Å²) >= 11 is 0. The van der Waals surface area contributed by atoms with E-state index in [0.29, 0.717) is 11.8 Å². The Labute approximate surface area is 223 Å². The van der Waals surface area contributed by atoms with E-state index < -0.39 is 24.0 Å². The number of ether oxygens (including phenoxy) is 1. The van der Waals surface area contributed by atoms with Gasteiger partial charge in [0.05, 0.1) is 5.41 Å². The summed E-state index contributed by atoms with van der Waals surface area (Å²) in [6, 6.07) is 0. The summed E-state index contributed by atoms with van der Waals surface area (Å²) in [6.07, 6.45) is 12.0. The van der Waals surface area contributed by atoms with Gasteiger partial charge in [-0.2, -0.15) is 0 Å². The molecule has 0 aromatic rings. The first-order chi connectivity index (χ1) is 17.1. The molecule has 0 radical (unpaired) electrons. The Morgan fingerprint density at radius 2 is 1.59 bits per heavy atom. The van der Waals surface area contributed by atoms with Crippen molar-refractivity contribution < 1.29 is 24.5 Å². The molecule has 0 heterocycles. The molecule has 8 atom stereocenters. The number of aliphatic hydroxyl groups is 1. The lowest BCUT2D eigenvalue weighted by molar-refractivity contribution is -0.214. The summed E-state index contributed by atoms with van der Waals surface area (Å²) in [5.41, 5.74) is 1.18. The van der Waals surface area contributed by atoms with Gasteiger partial charge in [-0.1, -0.05) is 60.1 Å². The second kappa shape index (κ2) is 8.32. The van der Waals surface area contributed by atoms with E-state index in [1.54, 1.807) is 0 Å². The lowest BCUT2D eigenvalue weighted by Gasteiger charge is -2.71. The minimum atomic E-state index is -0.595. The number of allylic oxidation sites excluding steroid dienone is 2. The van der Waals surface area contributed by atoms with Crippen LogP contribution in [0.1, 0.15) is 113 Å². The lowest BCUT2D eigenvalue weighted by atomic mass is 9.33. The summed E-state index contributed by atoms with van der Waals surface area (Å²) < 4.78 is 5.77. The molecule has 5 rings (SSSR count). The number of fused-ring (bicyclic) bond motifs is 7. The van der Waals surface area contributed by atoms with E-state index in [4.69, 9.17) is 4.74 Å². The number of hydrogen-bond donors (Lipinski definition) is 2. The van der Waals surface area contributed by atoms with Gasteiger partial charge in [0.2, 0.25) is 0 Å². The Morgan fingerprint density at radius 3 is 2.24 bits per heavy atom. The molecule has 5 aliphatic carbocycles. The van der Waals surface area contributed by atoms with Crippen molar-refractivity contribution in [3.05, 3.63) is 11.6 Å². The van der Waals surface area contributed by atoms with Crippen LogP contribution in [0.5, 0.6) is 0 Å². The largest absolute Gasteiger partial charge is 0.481 e. The summed E-state index contributed by atoms with van der Waals surface area (Å²) in [7, 11) is 0. The van der Waals surface area contributed by atoms with Gasteiger partial charge in [0, 0.05) is 5.41 Å². The molecule has 208 valence electrons. The Kier molecular flexibility index (Phi) is 6.12. The number of carboxylic acid groups (broad SMARTS) is 1. The molecule has 0 spiro atoms. The van der Waals surface area contributed by atoms with Gasteiger partial charge in [-0.3, -0.25) is 4.79 Å². The number of aliphatic hydroxyl groups excluding tert-OH is 1. The van der Waals surface area contributed by atoms with E-state index in [9.17, 15) is 19.8 Å². The fourth-order valence-electron chi connectivity index (χ4n) is 11.0. The predicted molar refractivity (Wildman–Crippen MR) is 144 cm³/mol. The molecule has 37 heavy (non-hydrogen) atoms. The van der Waals surface area contributed by atoms with E-state index in [1.807, 2.05) is 0 Å². The molecule has 0 aromatic heterocycles. The first-order valence-corrected chi connectivity index (χ1v) is 14.8. The second-order valence-corrected chi connectivity index (χ2v) is 15.7. The van der Waals surface area contributed by atoms with Crippen molar-refractivity contribution in [1.29, 1.82) is 0 Å². The van der Waals surface area contributed by atoms with Crippen molar-refractivity contribution in [2.75, 3.05) is 6.61 Å². The highest BCUT2D eigenvalue weighted by molar-refractivity contribution is 5.76. The molecule has 4 fully saturated rings. The highest BCUT2D eigenvalue weighted by atomic mass is 16.6. The normalized spacial score (nSPS) is 47.8. The van der Waals surface area contributed by atoms with Gasteiger partial charge in [0.25, 0.3) is 0 Å². The summed E-state index contributed by atoms with van der Waals surface area (Å²) in [4.78, 5) is 24.8. The smallest absolute Gasteiger partial charge is 0.332 e. The van der Waals surface area contributed by atoms with Gasteiger partial charge in [0.1, 0.15) is 12.7 Å². The number of carbonyl (C=O) groups is 2. The van der Waals surface area contributed by atoms with Crippen LogP contribution >= 0.6 is 0 Å². The molecular weight excluding hydrogens is 464 g/mol. The lowest BCUT2D eigenvalue weighted by Crippen LogP contribution is -2.65. The molecule has 1 unspecified atom stereocenters. The zero-order chi connectivity index (χ0) is 27.2. The van der Waals surface area contributed by atoms with Crippen LogP contribution in [-0.2, 0) is 14.3 Å². The number of carbonyl (C=O) groups excluding carboxylic acids is 1. The van der Waals surface area contributed by atoms with Crippen molar-refractivity contribution >= 4 is 11.9 Å². The van der Waals surface area contributed by atoms with E-state index in [0.717, 1.165) is 64.2 Å². The highest BCUT2D eigenvalue weighted by Crippen LogP contribution is 2.75. The van der Waals surface area contributed by atoms with Crippen LogP contribution in [0.3, 0.4) is 0 Å². The fourth-order valence-corrected chi connectivity index (χ4v) is 11.0. The third-order valence-electron chi connectivity index (χ3n) is 13.4. The number of rotatable bonds is 3. The van der Waals surface area contributed by atoms with Crippen LogP contribution in [0.2, 0.25) is 0 Å². The molecular formula is C32H50O5. The number of hydrogen-bond acceptors (Lipinski definition) is 4. The third kappa shape index (κ3) is 3.57. The van der Waals surface area contributed by atoms with Crippen LogP contribution in [-0.4, -0.2) is 34.9 Å². The zero-order valence-electron chi connectivity index (χ0n) is 24.3. The fraction of sp³-hybridized carbons (Fsp3) is 0.875. The minimum absolute atomic E-state index is 0.0191. The van der Waals surface area contributed by atoms with E-state index in [1.165, 1.54) is 5.57 Å². The van der Waals surface area contributed by atoms with E-state index in [-0.39, 0.29) is 39.1 Å². The standard InChI is InChI=1S/C32H50O5/c1-27(2)14-16-32(26(35)36)17-15-30(6)20(21(32)18-27)8-9-23-29(5)12-11-24(37-25(34)19-33)28(3,4)22(29)10-13-31(23,30)7/h8,21-24,33H,9-19H2,1-7H3,(H,35,36)/t21-,22?,23-,24+,29+,30-,31-,32+/m1/s1. The molecule has 5 aliphatic rings. The van der Waals surface area contributed by atoms with Crippen molar-refractivity contribution in [3.8, 4) is 0 Å². The van der Waals surface area contributed by atoms with Gasteiger partial charge in [-0.05, 0) is 104 Å². The topological polar surface area (TPSA) is 83.8 Å².